The van der Waals surface area contributed by atoms with Gasteiger partial charge in [-0.25, -0.2) is 10.5 Å². The number of nitrogens with zero attached hydrogens (tertiary/aromatic N) is 3. The summed E-state index contributed by atoms with van der Waals surface area (Å²) in [6.45, 7) is -0.278. The van der Waals surface area contributed by atoms with E-state index in [1.165, 1.54) is 23.9 Å². The average Bonchev–Trinajstić information content (AvgIpc) is 2.61. The maximum atomic E-state index is 12.7. The van der Waals surface area contributed by atoms with Crippen LogP contribution >= 0.6 is 11.8 Å². The molecule has 0 aliphatic rings. The Bertz CT molecular complexity index is 845. The van der Waals surface area contributed by atoms with E-state index in [9.17, 15) is 18.0 Å². The fourth-order valence-electron chi connectivity index (χ4n) is 2.16. The summed E-state index contributed by atoms with van der Waals surface area (Å²) in [4.78, 5) is 20.1. The number of thioether (sulfide) groups is 1. The second kappa shape index (κ2) is 8.66. The minimum absolute atomic E-state index is 0.00592. The van der Waals surface area contributed by atoms with E-state index in [1.807, 2.05) is 0 Å². The molecule has 2 aromatic rings. The lowest BCUT2D eigenvalue weighted by Gasteiger charge is -2.13. The van der Waals surface area contributed by atoms with Crippen LogP contribution < -0.4 is 16.4 Å². The van der Waals surface area contributed by atoms with Gasteiger partial charge in [0.1, 0.15) is 10.8 Å². The molecule has 0 radical (unpaired) electrons. The van der Waals surface area contributed by atoms with Gasteiger partial charge in [-0.3, -0.25) is 4.79 Å². The summed E-state index contributed by atoms with van der Waals surface area (Å²) in [5.41, 5.74) is 12.3. The summed E-state index contributed by atoms with van der Waals surface area (Å²) in [5.74, 6) is -0.359. The quantitative estimate of drug-likeness (QED) is 0.321. The van der Waals surface area contributed by atoms with Gasteiger partial charge >= 0.3 is 6.18 Å². The van der Waals surface area contributed by atoms with E-state index in [2.05, 4.69) is 25.7 Å². The lowest BCUT2D eigenvalue weighted by atomic mass is 10.2. The molecule has 0 spiro atoms. The predicted molar refractivity (Wildman–Crippen MR) is 95.6 cm³/mol. The number of aromatic nitrogens is 2. The van der Waals surface area contributed by atoms with Crippen LogP contribution in [0.25, 0.3) is 0 Å². The third kappa shape index (κ3) is 5.54. The summed E-state index contributed by atoms with van der Waals surface area (Å²) in [7, 11) is 0. The Kier molecular flexibility index (Phi) is 6.55. The number of nitrogens with one attached hydrogen (secondary N) is 3. The second-order valence-corrected chi connectivity index (χ2v) is 6.01. The van der Waals surface area contributed by atoms with Gasteiger partial charge in [0.15, 0.2) is 0 Å². The molecule has 0 saturated carbocycles. The van der Waals surface area contributed by atoms with Crippen molar-refractivity contribution >= 4 is 35.1 Å². The van der Waals surface area contributed by atoms with Crippen molar-refractivity contribution in [2.75, 3.05) is 29.2 Å². The van der Waals surface area contributed by atoms with Crippen molar-refractivity contribution in [3.63, 3.8) is 0 Å². The highest BCUT2D eigenvalue weighted by molar-refractivity contribution is 7.98. The van der Waals surface area contributed by atoms with Gasteiger partial charge in [-0.15, -0.1) is 11.8 Å². The molecule has 0 unspecified atom stereocenters. The average molecular weight is 399 g/mol. The molecule has 0 fully saturated rings. The molecular weight excluding hydrogens is 383 g/mol. The summed E-state index contributed by atoms with van der Waals surface area (Å²) in [6, 6.07) is 4.32. The number of nitrogen functional groups attached to an aromatic ring is 1. The number of rotatable bonds is 7. The van der Waals surface area contributed by atoms with Crippen LogP contribution in [0.15, 0.2) is 34.4 Å². The Morgan fingerprint density at radius 2 is 2.11 bits per heavy atom. The molecular formula is C15H16F3N7OS. The largest absolute Gasteiger partial charge is 0.416 e. The number of carbonyl (C=O) groups excluding carboxylic acids is 1. The Balaban J connectivity index is 2.10. The number of benzene rings is 1. The molecule has 2 rings (SSSR count). The molecule has 0 bridgehead atoms. The van der Waals surface area contributed by atoms with Gasteiger partial charge in [0.25, 0.3) is 0 Å². The molecule has 8 nitrogen and oxygen atoms in total. The molecule has 12 heteroatoms. The zero-order chi connectivity index (χ0) is 20.0. The standard InChI is InChI=1S/C15H16F3N7OS/c1-27-13-10(6-22-20)12(24-14(19)25-13)21-7-11(26)23-9-4-2-3-8(5-9)15(16,17)18/h2-5,20H,6-7H2,1H3,(H,23,26)(H3,19,21,24,25). The number of carbonyl (C=O) groups is 1. The number of hydrogen-bond acceptors (Lipinski definition) is 8. The molecule has 5 N–H and O–H groups in total. The smallest absolute Gasteiger partial charge is 0.368 e. The molecule has 144 valence electrons. The third-order valence-electron chi connectivity index (χ3n) is 3.31. The molecule has 1 amide bonds. The number of anilines is 3. The van der Waals surface area contributed by atoms with Crippen molar-refractivity contribution in [3.8, 4) is 0 Å². The Hall–Kier alpha value is -2.89. The van der Waals surface area contributed by atoms with Crippen LogP contribution in [0.5, 0.6) is 0 Å². The van der Waals surface area contributed by atoms with Crippen LogP contribution in [-0.2, 0) is 17.5 Å². The van der Waals surface area contributed by atoms with Crippen molar-refractivity contribution < 1.29 is 18.0 Å². The summed E-state index contributed by atoms with van der Waals surface area (Å²) in [5, 5.41) is 8.95. The van der Waals surface area contributed by atoms with Crippen LogP contribution in [0.3, 0.4) is 0 Å². The molecule has 0 aliphatic carbocycles. The van der Waals surface area contributed by atoms with Crippen LogP contribution in [0.2, 0.25) is 0 Å². The van der Waals surface area contributed by atoms with Crippen molar-refractivity contribution in [1.29, 1.82) is 5.53 Å². The lowest BCUT2D eigenvalue weighted by molar-refractivity contribution is -0.137. The number of nitrogens with two attached hydrogens (primary N) is 1. The zero-order valence-electron chi connectivity index (χ0n) is 14.1. The lowest BCUT2D eigenvalue weighted by Crippen LogP contribution is -2.23. The van der Waals surface area contributed by atoms with Gasteiger partial charge < -0.3 is 16.4 Å². The van der Waals surface area contributed by atoms with Crippen LogP contribution in [0.1, 0.15) is 11.1 Å². The van der Waals surface area contributed by atoms with Crippen LogP contribution in [0.4, 0.5) is 30.6 Å². The topological polar surface area (TPSA) is 129 Å². The first-order valence-electron chi connectivity index (χ1n) is 7.49. The molecule has 0 saturated heterocycles. The maximum absolute atomic E-state index is 12.7. The third-order valence-corrected chi connectivity index (χ3v) is 4.03. The fraction of sp³-hybridized carbons (Fsp3) is 0.267. The first-order valence-corrected chi connectivity index (χ1v) is 8.71. The maximum Gasteiger partial charge on any atom is 0.416 e. The second-order valence-electron chi connectivity index (χ2n) is 5.21. The van der Waals surface area contributed by atoms with E-state index in [0.717, 1.165) is 12.1 Å². The van der Waals surface area contributed by atoms with Crippen molar-refractivity contribution in [2.24, 2.45) is 5.11 Å². The summed E-state index contributed by atoms with van der Waals surface area (Å²) in [6.07, 6.45) is -2.74. The molecule has 1 heterocycles. The molecule has 1 aromatic heterocycles. The Morgan fingerprint density at radius 3 is 2.74 bits per heavy atom. The monoisotopic (exact) mass is 399 g/mol. The Labute approximate surface area is 156 Å². The first kappa shape index (κ1) is 20.4. The number of amides is 1. The highest BCUT2D eigenvalue weighted by Crippen LogP contribution is 2.30. The highest BCUT2D eigenvalue weighted by Gasteiger charge is 2.30. The van der Waals surface area contributed by atoms with E-state index < -0.39 is 17.6 Å². The number of alkyl halides is 3. The van der Waals surface area contributed by atoms with Gasteiger partial charge in [0, 0.05) is 5.69 Å². The van der Waals surface area contributed by atoms with E-state index >= 15 is 0 Å². The molecule has 1 aromatic carbocycles. The van der Waals surface area contributed by atoms with Crippen molar-refractivity contribution in [3.05, 3.63) is 35.4 Å². The number of hydrogen-bond donors (Lipinski definition) is 4. The Morgan fingerprint density at radius 1 is 1.37 bits per heavy atom. The predicted octanol–water partition coefficient (Wildman–Crippen LogP) is 3.38. The minimum atomic E-state index is -4.50. The van der Waals surface area contributed by atoms with E-state index in [4.69, 9.17) is 11.3 Å². The minimum Gasteiger partial charge on any atom is -0.368 e. The van der Waals surface area contributed by atoms with Gasteiger partial charge in [0.2, 0.25) is 11.9 Å². The van der Waals surface area contributed by atoms with Crippen LogP contribution in [0, 0.1) is 5.53 Å². The van der Waals surface area contributed by atoms with E-state index in [-0.39, 0.29) is 30.5 Å². The fourth-order valence-corrected chi connectivity index (χ4v) is 2.75. The molecule has 0 aliphatic heterocycles. The van der Waals surface area contributed by atoms with Gasteiger partial charge in [0.05, 0.1) is 24.2 Å². The molecule has 0 atom stereocenters. The van der Waals surface area contributed by atoms with Gasteiger partial charge in [-0.2, -0.15) is 23.3 Å². The van der Waals surface area contributed by atoms with Gasteiger partial charge in [-0.05, 0) is 24.5 Å². The summed E-state index contributed by atoms with van der Waals surface area (Å²) >= 11 is 1.28. The molecule has 27 heavy (non-hydrogen) atoms. The SMILES string of the molecule is CSc1nc(N)nc(NCC(=O)Nc2cccc(C(F)(F)F)c2)c1CN=N. The number of halogens is 3. The van der Waals surface area contributed by atoms with E-state index in [1.54, 1.807) is 6.26 Å². The normalized spacial score (nSPS) is 11.1. The van der Waals surface area contributed by atoms with Crippen LogP contribution in [-0.4, -0.2) is 28.7 Å². The van der Waals surface area contributed by atoms with E-state index in [0.29, 0.717) is 10.6 Å². The summed E-state index contributed by atoms with van der Waals surface area (Å²) < 4.78 is 38.2. The van der Waals surface area contributed by atoms with Gasteiger partial charge in [-0.1, -0.05) is 6.07 Å². The zero-order valence-corrected chi connectivity index (χ0v) is 14.9. The first-order chi connectivity index (χ1) is 12.7. The van der Waals surface area contributed by atoms with Crippen molar-refractivity contribution in [1.82, 2.24) is 9.97 Å². The highest BCUT2D eigenvalue weighted by atomic mass is 32.2. The van der Waals surface area contributed by atoms with Crippen molar-refractivity contribution in [2.45, 2.75) is 17.7 Å².